The first-order valence-electron chi connectivity index (χ1n) is 5.94. The van der Waals surface area contributed by atoms with Gasteiger partial charge in [-0.2, -0.15) is 5.26 Å². The van der Waals surface area contributed by atoms with Gasteiger partial charge in [0, 0.05) is 4.47 Å². The third-order valence-electron chi connectivity index (χ3n) is 3.00. The third-order valence-corrected chi connectivity index (χ3v) is 3.49. The Bertz CT molecular complexity index is 737. The lowest BCUT2D eigenvalue weighted by molar-refractivity contribution is -0.120. The van der Waals surface area contributed by atoms with E-state index in [0.717, 1.165) is 4.47 Å². The van der Waals surface area contributed by atoms with Crippen LogP contribution >= 0.6 is 15.9 Å². The second-order valence-electron chi connectivity index (χ2n) is 4.29. The number of nitrogens with zero attached hydrogens (tertiary/aromatic N) is 2. The van der Waals surface area contributed by atoms with E-state index in [0.29, 0.717) is 22.7 Å². The van der Waals surface area contributed by atoms with Crippen molar-refractivity contribution in [3.8, 4) is 11.8 Å². The molecule has 0 unspecified atom stereocenters. The molecule has 2 aromatic carbocycles. The molecular weight excluding hydrogens is 320 g/mol. The fourth-order valence-electron chi connectivity index (χ4n) is 2.12. The fourth-order valence-corrected chi connectivity index (χ4v) is 2.47. The van der Waals surface area contributed by atoms with Crippen LogP contribution in [0.5, 0.6) is 5.75 Å². The smallest absolute Gasteiger partial charge is 0.269 e. The van der Waals surface area contributed by atoms with Gasteiger partial charge in [-0.05, 0) is 36.4 Å². The van der Waals surface area contributed by atoms with Crippen LogP contribution in [0.4, 0.5) is 11.4 Å². The van der Waals surface area contributed by atoms with Gasteiger partial charge in [-0.15, -0.1) is 0 Å². The van der Waals surface area contributed by atoms with Gasteiger partial charge in [0.1, 0.15) is 5.75 Å². The summed E-state index contributed by atoms with van der Waals surface area (Å²) in [7, 11) is 0. The summed E-state index contributed by atoms with van der Waals surface area (Å²) >= 11 is 3.39. The maximum absolute atomic E-state index is 12.2. The monoisotopic (exact) mass is 328 g/mol. The van der Waals surface area contributed by atoms with Gasteiger partial charge in [0.05, 0.1) is 23.0 Å². The van der Waals surface area contributed by atoms with Crippen molar-refractivity contribution >= 4 is 33.2 Å². The zero-order valence-electron chi connectivity index (χ0n) is 10.3. The van der Waals surface area contributed by atoms with Gasteiger partial charge < -0.3 is 4.74 Å². The Morgan fingerprint density at radius 1 is 1.25 bits per heavy atom. The number of amides is 1. The number of fused-ring (bicyclic) bond motifs is 1. The summed E-state index contributed by atoms with van der Waals surface area (Å²) in [6.45, 7) is -0.00852. The first-order valence-corrected chi connectivity index (χ1v) is 6.74. The molecule has 3 rings (SSSR count). The van der Waals surface area contributed by atoms with Gasteiger partial charge in [0.15, 0.2) is 6.61 Å². The average molecular weight is 329 g/mol. The van der Waals surface area contributed by atoms with Crippen LogP contribution in [0.2, 0.25) is 0 Å². The molecule has 0 aromatic heterocycles. The Labute approximate surface area is 124 Å². The van der Waals surface area contributed by atoms with E-state index in [-0.39, 0.29) is 12.5 Å². The maximum atomic E-state index is 12.2. The Hall–Kier alpha value is -2.32. The molecule has 2 aromatic rings. The summed E-state index contributed by atoms with van der Waals surface area (Å²) in [5.74, 6) is 0.487. The SMILES string of the molecule is N#Cc1cccc(N2C(=O)COc3ccc(Br)cc32)c1. The van der Waals surface area contributed by atoms with E-state index in [9.17, 15) is 4.79 Å². The van der Waals surface area contributed by atoms with E-state index >= 15 is 0 Å². The van der Waals surface area contributed by atoms with E-state index in [2.05, 4.69) is 22.0 Å². The molecule has 0 aliphatic carbocycles. The molecule has 4 nitrogen and oxygen atoms in total. The molecule has 0 spiro atoms. The van der Waals surface area contributed by atoms with Gasteiger partial charge in [-0.3, -0.25) is 9.69 Å². The lowest BCUT2D eigenvalue weighted by Crippen LogP contribution is -2.35. The zero-order valence-corrected chi connectivity index (χ0v) is 11.9. The number of hydrogen-bond donors (Lipinski definition) is 0. The van der Waals surface area contributed by atoms with Crippen LogP contribution in [-0.4, -0.2) is 12.5 Å². The number of ether oxygens (including phenoxy) is 1. The minimum Gasteiger partial charge on any atom is -0.482 e. The summed E-state index contributed by atoms with van der Waals surface area (Å²) < 4.78 is 6.28. The minimum absolute atomic E-state index is 0.00852. The molecule has 0 radical (unpaired) electrons. The number of halogens is 1. The van der Waals surface area contributed by atoms with Gasteiger partial charge in [0.2, 0.25) is 0 Å². The number of rotatable bonds is 1. The second-order valence-corrected chi connectivity index (χ2v) is 5.21. The van der Waals surface area contributed by atoms with Crippen molar-refractivity contribution in [3.63, 3.8) is 0 Å². The predicted octanol–water partition coefficient (Wildman–Crippen LogP) is 3.38. The molecule has 1 heterocycles. The Balaban J connectivity index is 2.15. The van der Waals surface area contributed by atoms with Crippen molar-refractivity contribution in [1.82, 2.24) is 0 Å². The standard InChI is InChI=1S/C15H9BrN2O2/c16-11-4-5-14-13(7-11)18(15(19)9-20-14)12-3-1-2-10(6-12)8-17/h1-7H,9H2. The summed E-state index contributed by atoms with van der Waals surface area (Å²) in [5, 5.41) is 8.98. The molecule has 0 atom stereocenters. The minimum atomic E-state index is -0.161. The van der Waals surface area contributed by atoms with Crippen LogP contribution in [0.15, 0.2) is 46.9 Å². The fraction of sp³-hybridized carbons (Fsp3) is 0.0667. The van der Waals surface area contributed by atoms with Crippen LogP contribution in [0, 0.1) is 11.3 Å². The van der Waals surface area contributed by atoms with Crippen molar-refractivity contribution < 1.29 is 9.53 Å². The number of anilines is 2. The Morgan fingerprint density at radius 3 is 2.90 bits per heavy atom. The molecule has 98 valence electrons. The number of carbonyl (C=O) groups is 1. The molecule has 0 fully saturated rings. The molecule has 1 aliphatic heterocycles. The van der Waals surface area contributed by atoms with E-state index in [4.69, 9.17) is 10.00 Å². The zero-order chi connectivity index (χ0) is 14.1. The summed E-state index contributed by atoms with van der Waals surface area (Å²) in [6.07, 6.45) is 0. The lowest BCUT2D eigenvalue weighted by Gasteiger charge is -2.29. The van der Waals surface area contributed by atoms with Crippen molar-refractivity contribution in [2.24, 2.45) is 0 Å². The van der Waals surface area contributed by atoms with Crippen LogP contribution in [0.3, 0.4) is 0 Å². The number of nitriles is 1. The van der Waals surface area contributed by atoms with E-state index in [1.54, 1.807) is 29.2 Å². The molecule has 1 aliphatic rings. The molecule has 0 saturated heterocycles. The van der Waals surface area contributed by atoms with Crippen LogP contribution in [-0.2, 0) is 4.79 Å². The highest BCUT2D eigenvalue weighted by atomic mass is 79.9. The molecular formula is C15H9BrN2O2. The molecule has 20 heavy (non-hydrogen) atoms. The Kier molecular flexibility index (Phi) is 3.17. The van der Waals surface area contributed by atoms with Crippen molar-refractivity contribution in [3.05, 3.63) is 52.5 Å². The van der Waals surface area contributed by atoms with E-state index < -0.39 is 0 Å². The molecule has 0 saturated carbocycles. The van der Waals surface area contributed by atoms with Crippen molar-refractivity contribution in [2.75, 3.05) is 11.5 Å². The van der Waals surface area contributed by atoms with E-state index in [1.807, 2.05) is 18.2 Å². The predicted molar refractivity (Wildman–Crippen MR) is 77.9 cm³/mol. The van der Waals surface area contributed by atoms with Gasteiger partial charge in [0.25, 0.3) is 5.91 Å². The van der Waals surface area contributed by atoms with Gasteiger partial charge >= 0.3 is 0 Å². The normalized spacial score (nSPS) is 13.4. The molecule has 0 N–H and O–H groups in total. The summed E-state index contributed by atoms with van der Waals surface area (Å²) in [5.41, 5.74) is 1.85. The average Bonchev–Trinajstić information content (AvgIpc) is 2.47. The first kappa shape index (κ1) is 12.7. The third kappa shape index (κ3) is 2.15. The maximum Gasteiger partial charge on any atom is 0.269 e. The highest BCUT2D eigenvalue weighted by Crippen LogP contribution is 2.38. The highest BCUT2D eigenvalue weighted by molar-refractivity contribution is 9.10. The van der Waals surface area contributed by atoms with Gasteiger partial charge in [-0.25, -0.2) is 0 Å². The largest absolute Gasteiger partial charge is 0.482 e. The summed E-state index contributed by atoms with van der Waals surface area (Å²) in [6, 6.07) is 14.5. The van der Waals surface area contributed by atoms with Crippen molar-refractivity contribution in [1.29, 1.82) is 5.26 Å². The van der Waals surface area contributed by atoms with Crippen molar-refractivity contribution in [2.45, 2.75) is 0 Å². The number of benzene rings is 2. The van der Waals surface area contributed by atoms with Crippen LogP contribution < -0.4 is 9.64 Å². The molecule has 0 bridgehead atoms. The van der Waals surface area contributed by atoms with Crippen LogP contribution in [0.1, 0.15) is 5.56 Å². The molecule has 1 amide bonds. The quantitative estimate of drug-likeness (QED) is 0.806. The number of carbonyl (C=O) groups excluding carboxylic acids is 1. The highest BCUT2D eigenvalue weighted by Gasteiger charge is 2.27. The lowest BCUT2D eigenvalue weighted by atomic mass is 10.1. The van der Waals surface area contributed by atoms with E-state index in [1.165, 1.54) is 0 Å². The second kappa shape index (κ2) is 4.99. The Morgan fingerprint density at radius 2 is 2.10 bits per heavy atom. The van der Waals surface area contributed by atoms with Gasteiger partial charge in [-0.1, -0.05) is 22.0 Å². The van der Waals surface area contributed by atoms with Crippen LogP contribution in [0.25, 0.3) is 0 Å². The topological polar surface area (TPSA) is 53.3 Å². The summed E-state index contributed by atoms with van der Waals surface area (Å²) in [4.78, 5) is 13.7. The number of hydrogen-bond acceptors (Lipinski definition) is 3. The first-order chi connectivity index (χ1) is 9.69. The molecule has 5 heteroatoms.